The quantitative estimate of drug-likeness (QED) is 0.454. The monoisotopic (exact) mass is 307 g/mol. The average Bonchev–Trinajstić information content (AvgIpc) is 3.11. The minimum absolute atomic E-state index is 0.546. The first kappa shape index (κ1) is 14.8. The summed E-state index contributed by atoms with van der Waals surface area (Å²) < 4.78 is 7.26. The second-order valence-electron chi connectivity index (χ2n) is 5.11. The van der Waals surface area contributed by atoms with Crippen molar-refractivity contribution >= 4 is 5.71 Å². The molecule has 0 atom stereocenters. The third-order valence-corrected chi connectivity index (χ3v) is 3.68. The normalized spacial score (nSPS) is 11.5. The molecule has 0 amide bonds. The summed E-state index contributed by atoms with van der Waals surface area (Å²) in [6.45, 7) is 1.75. The number of hydrogen-bond acceptors (Lipinski definition) is 4. The second-order valence-corrected chi connectivity index (χ2v) is 5.11. The standard InChI is InChI=1S/C18H17N3O2/c1-13(20-22)14-8-9-18(23-2)17(10-14)15-11-19-21(12-15)16-6-4-3-5-7-16/h3-12,22H,1-2H3/b20-13+. The van der Waals surface area contributed by atoms with Crippen LogP contribution >= 0.6 is 0 Å². The molecule has 3 rings (SSSR count). The highest BCUT2D eigenvalue weighted by Crippen LogP contribution is 2.31. The van der Waals surface area contributed by atoms with Crippen LogP contribution in [0, 0.1) is 0 Å². The molecule has 23 heavy (non-hydrogen) atoms. The van der Waals surface area contributed by atoms with Crippen molar-refractivity contribution in [3.63, 3.8) is 0 Å². The topological polar surface area (TPSA) is 59.6 Å². The number of methoxy groups -OCH3 is 1. The van der Waals surface area contributed by atoms with E-state index in [0.29, 0.717) is 5.71 Å². The first-order valence-electron chi connectivity index (χ1n) is 7.20. The molecule has 0 spiro atoms. The predicted molar refractivity (Wildman–Crippen MR) is 89.5 cm³/mol. The Morgan fingerprint density at radius 3 is 2.65 bits per heavy atom. The van der Waals surface area contributed by atoms with Gasteiger partial charge in [0.1, 0.15) is 5.75 Å². The summed E-state index contributed by atoms with van der Waals surface area (Å²) >= 11 is 0. The molecule has 0 saturated heterocycles. The van der Waals surface area contributed by atoms with E-state index in [4.69, 9.17) is 9.94 Å². The Morgan fingerprint density at radius 2 is 1.96 bits per heavy atom. The average molecular weight is 307 g/mol. The minimum Gasteiger partial charge on any atom is -0.496 e. The summed E-state index contributed by atoms with van der Waals surface area (Å²) in [4.78, 5) is 0. The van der Waals surface area contributed by atoms with Gasteiger partial charge in [0, 0.05) is 17.3 Å². The number of benzene rings is 2. The summed E-state index contributed by atoms with van der Waals surface area (Å²) in [5, 5.41) is 16.6. The van der Waals surface area contributed by atoms with Crippen molar-refractivity contribution in [3.05, 3.63) is 66.5 Å². The molecule has 0 unspecified atom stereocenters. The highest BCUT2D eigenvalue weighted by molar-refractivity contribution is 5.99. The summed E-state index contributed by atoms with van der Waals surface area (Å²) in [7, 11) is 1.63. The summed E-state index contributed by atoms with van der Waals surface area (Å²) in [6, 6.07) is 15.5. The summed E-state index contributed by atoms with van der Waals surface area (Å²) in [6.07, 6.45) is 3.74. The largest absolute Gasteiger partial charge is 0.496 e. The van der Waals surface area contributed by atoms with Crippen molar-refractivity contribution in [1.29, 1.82) is 0 Å². The van der Waals surface area contributed by atoms with Gasteiger partial charge in [-0.15, -0.1) is 0 Å². The number of ether oxygens (including phenoxy) is 1. The van der Waals surface area contributed by atoms with Crippen molar-refractivity contribution in [2.24, 2.45) is 5.16 Å². The lowest BCUT2D eigenvalue weighted by atomic mass is 10.0. The van der Waals surface area contributed by atoms with Crippen molar-refractivity contribution in [2.45, 2.75) is 6.92 Å². The van der Waals surface area contributed by atoms with Crippen LogP contribution in [0.4, 0.5) is 0 Å². The van der Waals surface area contributed by atoms with Gasteiger partial charge in [-0.05, 0) is 42.8 Å². The predicted octanol–water partition coefficient (Wildman–Crippen LogP) is 3.75. The Hall–Kier alpha value is -3.08. The van der Waals surface area contributed by atoms with Gasteiger partial charge in [-0.25, -0.2) is 4.68 Å². The minimum atomic E-state index is 0.546. The molecule has 0 bridgehead atoms. The van der Waals surface area contributed by atoms with Crippen LogP contribution < -0.4 is 4.74 Å². The molecule has 0 fully saturated rings. The zero-order chi connectivity index (χ0) is 16.2. The maximum absolute atomic E-state index is 8.97. The summed E-state index contributed by atoms with van der Waals surface area (Å²) in [5.74, 6) is 0.743. The van der Waals surface area contributed by atoms with Gasteiger partial charge in [0.25, 0.3) is 0 Å². The molecular weight excluding hydrogens is 290 g/mol. The highest BCUT2D eigenvalue weighted by Gasteiger charge is 2.11. The molecule has 2 aromatic carbocycles. The molecule has 0 aliphatic carbocycles. The first-order chi connectivity index (χ1) is 11.2. The summed E-state index contributed by atoms with van der Waals surface area (Å²) in [5.41, 5.74) is 4.19. The maximum Gasteiger partial charge on any atom is 0.126 e. The van der Waals surface area contributed by atoms with Crippen molar-refractivity contribution < 1.29 is 9.94 Å². The second kappa shape index (κ2) is 6.36. The van der Waals surface area contributed by atoms with Crippen LogP contribution in [0.3, 0.4) is 0 Å². The number of hydrogen-bond donors (Lipinski definition) is 1. The van der Waals surface area contributed by atoms with E-state index in [9.17, 15) is 0 Å². The van der Waals surface area contributed by atoms with Crippen LogP contribution in [0.25, 0.3) is 16.8 Å². The Bertz CT molecular complexity index is 838. The fourth-order valence-corrected chi connectivity index (χ4v) is 2.40. The molecule has 0 aliphatic rings. The molecule has 0 radical (unpaired) electrons. The van der Waals surface area contributed by atoms with Gasteiger partial charge in [-0.1, -0.05) is 23.4 Å². The van der Waals surface area contributed by atoms with Gasteiger partial charge in [0.15, 0.2) is 0 Å². The number of oxime groups is 1. The lowest BCUT2D eigenvalue weighted by Crippen LogP contribution is -1.96. The molecule has 1 heterocycles. The van der Waals surface area contributed by atoms with E-state index in [1.807, 2.05) is 59.4 Å². The molecule has 0 aliphatic heterocycles. The Morgan fingerprint density at radius 1 is 1.17 bits per heavy atom. The van der Waals surface area contributed by atoms with Crippen molar-refractivity contribution in [3.8, 4) is 22.6 Å². The molecule has 5 heteroatoms. The molecule has 3 aromatic rings. The highest BCUT2D eigenvalue weighted by atomic mass is 16.5. The Balaban J connectivity index is 2.06. The van der Waals surface area contributed by atoms with E-state index in [1.165, 1.54) is 0 Å². The van der Waals surface area contributed by atoms with Gasteiger partial charge in [0.05, 0.1) is 24.7 Å². The van der Waals surface area contributed by atoms with Gasteiger partial charge in [0.2, 0.25) is 0 Å². The van der Waals surface area contributed by atoms with E-state index in [1.54, 1.807) is 20.2 Å². The van der Waals surface area contributed by atoms with Crippen molar-refractivity contribution in [1.82, 2.24) is 9.78 Å². The Kier molecular flexibility index (Phi) is 4.10. The Labute approximate surface area is 134 Å². The van der Waals surface area contributed by atoms with E-state index in [2.05, 4.69) is 10.3 Å². The van der Waals surface area contributed by atoms with Crippen LogP contribution in [0.1, 0.15) is 12.5 Å². The van der Waals surface area contributed by atoms with Crippen LogP contribution in [-0.2, 0) is 0 Å². The smallest absolute Gasteiger partial charge is 0.126 e. The lowest BCUT2D eigenvalue weighted by molar-refractivity contribution is 0.319. The maximum atomic E-state index is 8.97. The fraction of sp³-hybridized carbons (Fsp3) is 0.111. The third kappa shape index (κ3) is 2.94. The number of para-hydroxylation sites is 1. The number of rotatable bonds is 4. The molecule has 5 nitrogen and oxygen atoms in total. The van der Waals surface area contributed by atoms with Crippen LogP contribution in [0.15, 0.2) is 66.1 Å². The van der Waals surface area contributed by atoms with E-state index in [-0.39, 0.29) is 0 Å². The molecule has 0 saturated carbocycles. The third-order valence-electron chi connectivity index (χ3n) is 3.68. The number of aromatic nitrogens is 2. The van der Waals surface area contributed by atoms with E-state index < -0.39 is 0 Å². The molecule has 1 aromatic heterocycles. The molecule has 116 valence electrons. The van der Waals surface area contributed by atoms with Crippen LogP contribution in [0.5, 0.6) is 5.75 Å². The first-order valence-corrected chi connectivity index (χ1v) is 7.20. The van der Waals surface area contributed by atoms with Gasteiger partial charge >= 0.3 is 0 Å². The van der Waals surface area contributed by atoms with Gasteiger partial charge < -0.3 is 9.94 Å². The van der Waals surface area contributed by atoms with Gasteiger partial charge in [-0.3, -0.25) is 0 Å². The number of nitrogens with zero attached hydrogens (tertiary/aromatic N) is 3. The fourth-order valence-electron chi connectivity index (χ4n) is 2.40. The van der Waals surface area contributed by atoms with Crippen LogP contribution in [0.2, 0.25) is 0 Å². The molecular formula is C18H17N3O2. The lowest BCUT2D eigenvalue weighted by Gasteiger charge is -2.09. The zero-order valence-electron chi connectivity index (χ0n) is 13.0. The van der Waals surface area contributed by atoms with Crippen LogP contribution in [-0.4, -0.2) is 27.8 Å². The zero-order valence-corrected chi connectivity index (χ0v) is 13.0. The molecule has 1 N–H and O–H groups in total. The van der Waals surface area contributed by atoms with Crippen molar-refractivity contribution in [2.75, 3.05) is 7.11 Å². The van der Waals surface area contributed by atoms with E-state index >= 15 is 0 Å². The van der Waals surface area contributed by atoms with Gasteiger partial charge in [-0.2, -0.15) is 5.10 Å². The SMILES string of the molecule is COc1ccc(/C(C)=N/O)cc1-c1cnn(-c2ccccc2)c1. The van der Waals surface area contributed by atoms with E-state index in [0.717, 1.165) is 28.1 Å².